The number of ether oxygens (including phenoxy) is 1. The summed E-state index contributed by atoms with van der Waals surface area (Å²) >= 11 is 5.98. The molecule has 21 heavy (non-hydrogen) atoms. The van der Waals surface area contributed by atoms with Crippen LogP contribution in [0.1, 0.15) is 15.9 Å². The van der Waals surface area contributed by atoms with E-state index in [1.165, 1.54) is 0 Å². The van der Waals surface area contributed by atoms with Gasteiger partial charge in [-0.05, 0) is 42.0 Å². The van der Waals surface area contributed by atoms with Gasteiger partial charge < -0.3 is 15.8 Å². The lowest BCUT2D eigenvalue weighted by Gasteiger charge is -2.13. The Bertz CT molecular complexity index is 688. The number of hydrogen-bond donors (Lipinski definition) is 2. The van der Waals surface area contributed by atoms with E-state index in [2.05, 4.69) is 5.32 Å². The highest BCUT2D eigenvalue weighted by Crippen LogP contribution is 2.31. The van der Waals surface area contributed by atoms with Crippen molar-refractivity contribution < 1.29 is 9.53 Å². The average molecular weight is 303 g/mol. The summed E-state index contributed by atoms with van der Waals surface area (Å²) in [6.07, 6.45) is 0.869. The number of carbonyl (C=O) groups excluding carboxylic acids is 1. The molecule has 2 aromatic carbocycles. The molecule has 0 spiro atoms. The summed E-state index contributed by atoms with van der Waals surface area (Å²) in [6, 6.07) is 12.8. The van der Waals surface area contributed by atoms with Gasteiger partial charge in [-0.25, -0.2) is 0 Å². The molecule has 1 aliphatic heterocycles. The van der Waals surface area contributed by atoms with Crippen molar-refractivity contribution in [2.45, 2.75) is 12.5 Å². The summed E-state index contributed by atoms with van der Waals surface area (Å²) in [5.74, 6) is 0.454. The molecule has 0 saturated heterocycles. The van der Waals surface area contributed by atoms with Crippen molar-refractivity contribution in [3.8, 4) is 5.75 Å². The van der Waals surface area contributed by atoms with Crippen molar-refractivity contribution in [1.82, 2.24) is 0 Å². The number of benzene rings is 2. The van der Waals surface area contributed by atoms with Crippen molar-refractivity contribution in [2.75, 3.05) is 11.9 Å². The van der Waals surface area contributed by atoms with Crippen LogP contribution in [-0.4, -0.2) is 18.6 Å². The molecular weight excluding hydrogens is 288 g/mol. The number of amides is 1. The molecule has 0 radical (unpaired) electrons. The monoisotopic (exact) mass is 302 g/mol. The molecular formula is C16H15ClN2O2. The Kier molecular flexibility index (Phi) is 3.71. The molecule has 1 heterocycles. The first-order valence-electron chi connectivity index (χ1n) is 6.70. The summed E-state index contributed by atoms with van der Waals surface area (Å²) < 4.78 is 5.85. The lowest BCUT2D eigenvalue weighted by Crippen LogP contribution is -2.24. The van der Waals surface area contributed by atoms with Crippen LogP contribution in [-0.2, 0) is 6.42 Å². The molecule has 0 saturated carbocycles. The Morgan fingerprint density at radius 1 is 1.33 bits per heavy atom. The van der Waals surface area contributed by atoms with Gasteiger partial charge in [0.2, 0.25) is 5.91 Å². The molecule has 1 unspecified atom stereocenters. The molecule has 3 rings (SSSR count). The van der Waals surface area contributed by atoms with Crippen LogP contribution in [0.2, 0.25) is 5.02 Å². The summed E-state index contributed by atoms with van der Waals surface area (Å²) in [6.45, 7) is 0.647. The van der Waals surface area contributed by atoms with Crippen LogP contribution in [0, 0.1) is 0 Å². The third-order valence-corrected chi connectivity index (χ3v) is 3.68. The van der Waals surface area contributed by atoms with E-state index in [0.717, 1.165) is 28.4 Å². The molecule has 2 aromatic rings. The van der Waals surface area contributed by atoms with E-state index in [1.807, 2.05) is 24.3 Å². The lowest BCUT2D eigenvalue weighted by molar-refractivity contribution is 0.100. The second-order valence-corrected chi connectivity index (χ2v) is 5.46. The van der Waals surface area contributed by atoms with Gasteiger partial charge in [-0.1, -0.05) is 17.7 Å². The lowest BCUT2D eigenvalue weighted by atomic mass is 10.1. The molecule has 0 aromatic heterocycles. The number of halogens is 1. The predicted octanol–water partition coefficient (Wildman–Crippen LogP) is 2.85. The zero-order valence-corrected chi connectivity index (χ0v) is 12.1. The first-order valence-corrected chi connectivity index (χ1v) is 7.08. The molecule has 3 N–H and O–H groups in total. The van der Waals surface area contributed by atoms with Gasteiger partial charge in [0.1, 0.15) is 11.9 Å². The number of primary amides is 1. The Hall–Kier alpha value is -2.20. The minimum absolute atomic E-state index is 0.0516. The minimum atomic E-state index is -0.433. The fourth-order valence-electron chi connectivity index (χ4n) is 2.42. The van der Waals surface area contributed by atoms with Gasteiger partial charge in [-0.15, -0.1) is 0 Å². The highest BCUT2D eigenvalue weighted by atomic mass is 35.5. The van der Waals surface area contributed by atoms with E-state index in [-0.39, 0.29) is 6.10 Å². The van der Waals surface area contributed by atoms with Gasteiger partial charge in [0.25, 0.3) is 0 Å². The standard InChI is InChI=1S/C16H15ClN2O2/c17-12-4-5-15-11(6-12)8-14(21-15)9-19-13-3-1-2-10(7-13)16(18)20/h1-7,14,19H,8-9H2,(H2,18,20). The highest BCUT2D eigenvalue weighted by molar-refractivity contribution is 6.30. The number of hydrogen-bond acceptors (Lipinski definition) is 3. The first-order chi connectivity index (χ1) is 10.1. The molecule has 0 aliphatic carbocycles. The Labute approximate surface area is 127 Å². The molecule has 5 heteroatoms. The molecule has 108 valence electrons. The summed E-state index contributed by atoms with van der Waals surface area (Å²) in [5, 5.41) is 3.99. The van der Waals surface area contributed by atoms with Gasteiger partial charge in [0.05, 0.1) is 6.54 Å². The predicted molar refractivity (Wildman–Crippen MR) is 83.0 cm³/mol. The van der Waals surface area contributed by atoms with Gasteiger partial charge in [-0.2, -0.15) is 0 Å². The van der Waals surface area contributed by atoms with E-state index >= 15 is 0 Å². The third kappa shape index (κ3) is 3.11. The van der Waals surface area contributed by atoms with Crippen molar-refractivity contribution >= 4 is 23.2 Å². The number of carbonyl (C=O) groups is 1. The molecule has 4 nitrogen and oxygen atoms in total. The maximum Gasteiger partial charge on any atom is 0.248 e. The number of anilines is 1. The summed E-state index contributed by atoms with van der Waals surface area (Å²) in [7, 11) is 0. The van der Waals surface area contributed by atoms with Crippen LogP contribution >= 0.6 is 11.6 Å². The topological polar surface area (TPSA) is 64.4 Å². The largest absolute Gasteiger partial charge is 0.488 e. The first kappa shape index (κ1) is 13.8. The van der Waals surface area contributed by atoms with Gasteiger partial charge >= 0.3 is 0 Å². The Morgan fingerprint density at radius 2 is 2.19 bits per heavy atom. The maximum atomic E-state index is 11.2. The van der Waals surface area contributed by atoms with E-state index < -0.39 is 5.91 Å². The molecule has 1 aliphatic rings. The van der Waals surface area contributed by atoms with Crippen molar-refractivity contribution in [3.05, 3.63) is 58.6 Å². The van der Waals surface area contributed by atoms with Gasteiger partial charge in [-0.3, -0.25) is 4.79 Å². The average Bonchev–Trinajstić information content (AvgIpc) is 2.87. The SMILES string of the molecule is NC(=O)c1cccc(NCC2Cc3cc(Cl)ccc3O2)c1. The second kappa shape index (κ2) is 5.66. The molecule has 1 amide bonds. The van der Waals surface area contributed by atoms with Crippen LogP contribution < -0.4 is 15.8 Å². The second-order valence-electron chi connectivity index (χ2n) is 5.02. The Balaban J connectivity index is 1.62. The van der Waals surface area contributed by atoms with E-state index in [9.17, 15) is 4.79 Å². The maximum absolute atomic E-state index is 11.2. The van der Waals surface area contributed by atoms with Gasteiger partial charge in [0, 0.05) is 22.7 Å². The number of fused-ring (bicyclic) bond motifs is 1. The quantitative estimate of drug-likeness (QED) is 0.913. The highest BCUT2D eigenvalue weighted by Gasteiger charge is 2.22. The van der Waals surface area contributed by atoms with Crippen LogP contribution in [0.3, 0.4) is 0 Å². The molecule has 0 bridgehead atoms. The van der Waals surface area contributed by atoms with Crippen molar-refractivity contribution in [2.24, 2.45) is 5.73 Å². The van der Waals surface area contributed by atoms with E-state index in [0.29, 0.717) is 12.1 Å². The summed E-state index contributed by atoms with van der Waals surface area (Å²) in [5.41, 5.74) is 7.73. The van der Waals surface area contributed by atoms with Crippen LogP contribution in [0.25, 0.3) is 0 Å². The van der Waals surface area contributed by atoms with Crippen LogP contribution in [0.15, 0.2) is 42.5 Å². The van der Waals surface area contributed by atoms with E-state index in [4.69, 9.17) is 22.1 Å². The summed E-state index contributed by atoms with van der Waals surface area (Å²) in [4.78, 5) is 11.2. The smallest absolute Gasteiger partial charge is 0.248 e. The fourth-order valence-corrected chi connectivity index (χ4v) is 2.61. The minimum Gasteiger partial charge on any atom is -0.488 e. The van der Waals surface area contributed by atoms with Crippen LogP contribution in [0.5, 0.6) is 5.75 Å². The van der Waals surface area contributed by atoms with Gasteiger partial charge in [0.15, 0.2) is 0 Å². The number of nitrogens with two attached hydrogens (primary N) is 1. The van der Waals surface area contributed by atoms with Crippen molar-refractivity contribution in [1.29, 1.82) is 0 Å². The van der Waals surface area contributed by atoms with E-state index in [1.54, 1.807) is 18.2 Å². The molecule has 1 atom stereocenters. The Morgan fingerprint density at radius 3 is 3.00 bits per heavy atom. The third-order valence-electron chi connectivity index (χ3n) is 3.44. The normalized spacial score (nSPS) is 16.1. The van der Waals surface area contributed by atoms with Crippen molar-refractivity contribution in [3.63, 3.8) is 0 Å². The molecule has 0 fully saturated rings. The zero-order valence-electron chi connectivity index (χ0n) is 11.3. The van der Waals surface area contributed by atoms with Crippen LogP contribution in [0.4, 0.5) is 5.69 Å². The number of rotatable bonds is 4. The zero-order chi connectivity index (χ0) is 14.8. The number of nitrogens with one attached hydrogen (secondary N) is 1. The fraction of sp³-hybridized carbons (Fsp3) is 0.188.